The van der Waals surface area contributed by atoms with Crippen molar-refractivity contribution in [3.63, 3.8) is 0 Å². The summed E-state index contributed by atoms with van der Waals surface area (Å²) < 4.78 is 11.2. The quantitative estimate of drug-likeness (QED) is 0.258. The molecule has 0 aliphatic carbocycles. The lowest BCUT2D eigenvalue weighted by molar-refractivity contribution is -0.136. The number of carbonyl (C=O) groups is 3. The smallest absolute Gasteiger partial charge is 0.307 e. The number of methoxy groups -OCH3 is 1. The van der Waals surface area contributed by atoms with Crippen molar-refractivity contribution in [3.8, 4) is 5.75 Å². The van der Waals surface area contributed by atoms with Gasteiger partial charge in [-0.1, -0.05) is 54.9 Å². The number of rotatable bonds is 8. The van der Waals surface area contributed by atoms with Crippen LogP contribution in [0.4, 0.5) is 5.69 Å². The molecule has 0 spiro atoms. The van der Waals surface area contributed by atoms with Crippen LogP contribution in [0.25, 0.3) is 11.0 Å². The first-order chi connectivity index (χ1) is 18.7. The molecule has 2 heterocycles. The number of fused-ring (bicyclic) bond motifs is 1. The first kappa shape index (κ1) is 26.1. The number of anilines is 1. The van der Waals surface area contributed by atoms with Gasteiger partial charge in [0.1, 0.15) is 0 Å². The Bertz CT molecular complexity index is 1630. The number of furan rings is 1. The minimum Gasteiger partial charge on any atom is -0.503 e. The Balaban J connectivity index is 1.62. The molecule has 1 aliphatic rings. The van der Waals surface area contributed by atoms with Crippen molar-refractivity contribution >= 4 is 45.9 Å². The van der Waals surface area contributed by atoms with E-state index in [1.54, 1.807) is 36.4 Å². The number of ketones is 1. The van der Waals surface area contributed by atoms with Crippen molar-refractivity contribution in [1.29, 1.82) is 0 Å². The molecule has 2 N–H and O–H groups in total. The molecule has 5 rings (SSSR count). The maximum atomic E-state index is 13.9. The minimum atomic E-state index is -0.982. The van der Waals surface area contributed by atoms with E-state index in [4.69, 9.17) is 25.9 Å². The lowest BCUT2D eigenvalue weighted by Gasteiger charge is -2.27. The van der Waals surface area contributed by atoms with Gasteiger partial charge in [-0.3, -0.25) is 19.3 Å². The van der Waals surface area contributed by atoms with Crippen molar-refractivity contribution in [3.05, 3.63) is 106 Å². The molecule has 8 nitrogen and oxygen atoms in total. The lowest BCUT2D eigenvalue weighted by Crippen LogP contribution is -2.31. The molecule has 1 atom stereocenters. The number of carbonyl (C=O) groups excluding carboxylic acids is 2. The molecular formula is C30H24ClNO7. The third kappa shape index (κ3) is 4.75. The largest absolute Gasteiger partial charge is 0.503 e. The van der Waals surface area contributed by atoms with Gasteiger partial charge >= 0.3 is 5.97 Å². The number of carboxylic acids is 1. The predicted molar refractivity (Wildman–Crippen MR) is 146 cm³/mol. The summed E-state index contributed by atoms with van der Waals surface area (Å²) in [6.07, 6.45) is 0.623. The van der Waals surface area contributed by atoms with E-state index >= 15 is 0 Å². The highest BCUT2D eigenvalue weighted by molar-refractivity contribution is 6.31. The average Bonchev–Trinajstić information content (AvgIpc) is 3.47. The average molecular weight is 546 g/mol. The molecule has 0 saturated carbocycles. The van der Waals surface area contributed by atoms with Gasteiger partial charge in [0, 0.05) is 22.2 Å². The van der Waals surface area contributed by atoms with Gasteiger partial charge in [-0.2, -0.15) is 0 Å². The third-order valence-corrected chi connectivity index (χ3v) is 6.94. The van der Waals surface area contributed by atoms with Crippen LogP contribution in [-0.2, 0) is 22.4 Å². The number of aliphatic hydroxyl groups excluding tert-OH is 1. The van der Waals surface area contributed by atoms with Crippen LogP contribution in [0.1, 0.15) is 40.2 Å². The Morgan fingerprint density at radius 3 is 2.31 bits per heavy atom. The van der Waals surface area contributed by atoms with Crippen LogP contribution in [0.2, 0.25) is 5.02 Å². The van der Waals surface area contributed by atoms with E-state index in [-0.39, 0.29) is 17.8 Å². The van der Waals surface area contributed by atoms with Crippen molar-refractivity contribution in [1.82, 2.24) is 0 Å². The monoisotopic (exact) mass is 545 g/mol. The third-order valence-electron chi connectivity index (χ3n) is 6.72. The second-order valence-corrected chi connectivity index (χ2v) is 9.57. The van der Waals surface area contributed by atoms with Crippen LogP contribution in [0, 0.1) is 0 Å². The van der Waals surface area contributed by atoms with E-state index in [9.17, 15) is 19.5 Å². The van der Waals surface area contributed by atoms with Crippen LogP contribution in [0.15, 0.2) is 82.5 Å². The van der Waals surface area contributed by atoms with Gasteiger partial charge in [0.2, 0.25) is 5.78 Å². The number of Topliss-reactive ketones (excluding diaryl/α,β-unsaturated/α-hetero) is 1. The van der Waals surface area contributed by atoms with Crippen molar-refractivity contribution in [2.45, 2.75) is 25.8 Å². The Hall–Kier alpha value is -4.56. The Kier molecular flexibility index (Phi) is 6.89. The molecule has 4 aromatic rings. The first-order valence-corrected chi connectivity index (χ1v) is 12.6. The van der Waals surface area contributed by atoms with Gasteiger partial charge in [-0.05, 0) is 47.4 Å². The van der Waals surface area contributed by atoms with E-state index in [1.807, 2.05) is 31.2 Å². The highest BCUT2D eigenvalue weighted by atomic mass is 35.5. The standard InChI is InChI=1S/C30H24ClNO7/c1-3-16-4-8-18(9-5-16)26-25(27(35)22-14-19-13-20(31)15-23(38-2)29(19)39-22)28(36)30(37)32(26)21-10-6-17(7-11-21)12-24(33)34/h4-11,13-15,26,36H,3,12H2,1-2H3,(H,33,34). The van der Waals surface area contributed by atoms with Crippen molar-refractivity contribution < 1.29 is 33.8 Å². The number of ether oxygens (including phenoxy) is 1. The topological polar surface area (TPSA) is 117 Å². The van der Waals surface area contributed by atoms with E-state index in [0.29, 0.717) is 38.6 Å². The van der Waals surface area contributed by atoms with Gasteiger partial charge in [0.15, 0.2) is 22.9 Å². The molecule has 198 valence electrons. The molecule has 39 heavy (non-hydrogen) atoms. The zero-order chi connectivity index (χ0) is 27.8. The number of aryl methyl sites for hydroxylation is 1. The summed E-state index contributed by atoms with van der Waals surface area (Å²) in [6.45, 7) is 2.02. The van der Waals surface area contributed by atoms with E-state index < -0.39 is 29.5 Å². The molecule has 0 saturated heterocycles. The summed E-state index contributed by atoms with van der Waals surface area (Å²) in [5.41, 5.74) is 2.79. The molecule has 0 bridgehead atoms. The SMILES string of the molecule is CCc1ccc(C2C(C(=O)c3cc4cc(Cl)cc(OC)c4o3)=C(O)C(=O)N2c2ccc(CC(=O)O)cc2)cc1. The van der Waals surface area contributed by atoms with Gasteiger partial charge in [0.05, 0.1) is 25.1 Å². The number of nitrogens with zero attached hydrogens (tertiary/aromatic N) is 1. The zero-order valence-corrected chi connectivity index (χ0v) is 21.9. The first-order valence-electron chi connectivity index (χ1n) is 12.2. The van der Waals surface area contributed by atoms with Crippen molar-refractivity contribution in [2.75, 3.05) is 12.0 Å². The number of carboxylic acid groups (broad SMARTS) is 1. The minimum absolute atomic E-state index is 0.0891. The number of hydrogen-bond donors (Lipinski definition) is 2. The molecule has 1 amide bonds. The summed E-state index contributed by atoms with van der Waals surface area (Å²) in [6, 6.07) is 17.5. The molecular weight excluding hydrogens is 522 g/mol. The molecule has 3 aromatic carbocycles. The Morgan fingerprint density at radius 1 is 1.03 bits per heavy atom. The van der Waals surface area contributed by atoms with E-state index in [0.717, 1.165) is 12.0 Å². The van der Waals surface area contributed by atoms with Crippen LogP contribution in [0.5, 0.6) is 5.75 Å². The number of halogens is 1. The van der Waals surface area contributed by atoms with Crippen molar-refractivity contribution in [2.24, 2.45) is 0 Å². The second kappa shape index (κ2) is 10.3. The van der Waals surface area contributed by atoms with Crippen LogP contribution in [0.3, 0.4) is 0 Å². The highest BCUT2D eigenvalue weighted by Gasteiger charge is 2.45. The maximum absolute atomic E-state index is 13.9. The fraction of sp³-hybridized carbons (Fsp3) is 0.167. The predicted octanol–water partition coefficient (Wildman–Crippen LogP) is 6.07. The Morgan fingerprint density at radius 2 is 1.69 bits per heavy atom. The second-order valence-electron chi connectivity index (χ2n) is 9.14. The summed E-state index contributed by atoms with van der Waals surface area (Å²) in [5.74, 6) is -2.84. The fourth-order valence-corrected chi connectivity index (χ4v) is 5.00. The number of aliphatic hydroxyl groups is 1. The maximum Gasteiger partial charge on any atom is 0.307 e. The lowest BCUT2D eigenvalue weighted by atomic mass is 9.93. The molecule has 1 aliphatic heterocycles. The molecule has 1 unspecified atom stereocenters. The van der Waals surface area contributed by atoms with Gasteiger partial charge in [-0.25, -0.2) is 0 Å². The van der Waals surface area contributed by atoms with Gasteiger partial charge < -0.3 is 19.4 Å². The van der Waals surface area contributed by atoms with Crippen LogP contribution < -0.4 is 9.64 Å². The molecule has 0 fully saturated rings. The molecule has 0 radical (unpaired) electrons. The van der Waals surface area contributed by atoms with E-state index in [2.05, 4.69) is 0 Å². The normalized spacial score (nSPS) is 15.3. The van der Waals surface area contributed by atoms with Crippen LogP contribution in [-0.4, -0.2) is 35.0 Å². The van der Waals surface area contributed by atoms with Crippen LogP contribution >= 0.6 is 11.6 Å². The van der Waals surface area contributed by atoms with Gasteiger partial charge in [0.25, 0.3) is 5.91 Å². The number of amides is 1. The van der Waals surface area contributed by atoms with E-state index in [1.165, 1.54) is 18.1 Å². The Labute approximate surface area is 228 Å². The fourth-order valence-electron chi connectivity index (χ4n) is 4.79. The number of hydrogen-bond acceptors (Lipinski definition) is 6. The number of benzene rings is 3. The van der Waals surface area contributed by atoms with Gasteiger partial charge in [-0.15, -0.1) is 0 Å². The summed E-state index contributed by atoms with van der Waals surface area (Å²) in [7, 11) is 1.45. The molecule has 1 aromatic heterocycles. The summed E-state index contributed by atoms with van der Waals surface area (Å²) in [5, 5.41) is 21.1. The number of aliphatic carboxylic acids is 1. The summed E-state index contributed by atoms with van der Waals surface area (Å²) >= 11 is 6.17. The highest BCUT2D eigenvalue weighted by Crippen LogP contribution is 2.43. The zero-order valence-electron chi connectivity index (χ0n) is 21.1. The molecule has 9 heteroatoms. The summed E-state index contributed by atoms with van der Waals surface area (Å²) in [4.78, 5) is 39.8.